The van der Waals surface area contributed by atoms with Crippen molar-refractivity contribution in [3.63, 3.8) is 0 Å². The predicted octanol–water partition coefficient (Wildman–Crippen LogP) is 4.89. The molecule has 0 unspecified atom stereocenters. The monoisotopic (exact) mass is 474 g/mol. The lowest BCUT2D eigenvalue weighted by Gasteiger charge is -2.15. The number of nitrogens with one attached hydrogen (secondary N) is 1. The molecule has 0 aliphatic carbocycles. The van der Waals surface area contributed by atoms with Gasteiger partial charge in [-0.25, -0.2) is 0 Å². The van der Waals surface area contributed by atoms with E-state index in [2.05, 4.69) is 21.2 Å². The highest BCUT2D eigenvalue weighted by molar-refractivity contribution is 9.10. The summed E-state index contributed by atoms with van der Waals surface area (Å²) >= 11 is 8.85. The van der Waals surface area contributed by atoms with Crippen LogP contribution in [0.15, 0.2) is 52.6 Å². The summed E-state index contributed by atoms with van der Waals surface area (Å²) in [6.45, 7) is 5.46. The average Bonchev–Trinajstić information content (AvgIpc) is 2.96. The Morgan fingerprint density at radius 2 is 1.93 bits per heavy atom. The van der Waals surface area contributed by atoms with Gasteiger partial charge in [0.05, 0.1) is 11.1 Å². The SMILES string of the molecule is CCCN1C(=O)/C(=C/c2cc(Br)c(OCc3ccccc3)c(OCC)c2)NC1=S. The molecule has 1 heterocycles. The van der Waals surface area contributed by atoms with E-state index in [-0.39, 0.29) is 5.91 Å². The van der Waals surface area contributed by atoms with E-state index >= 15 is 0 Å². The van der Waals surface area contributed by atoms with Crippen LogP contribution in [0.25, 0.3) is 6.08 Å². The number of benzene rings is 2. The number of thiocarbonyl (C=S) groups is 1. The van der Waals surface area contributed by atoms with Gasteiger partial charge < -0.3 is 14.8 Å². The van der Waals surface area contributed by atoms with E-state index in [0.717, 1.165) is 22.0 Å². The molecule has 3 rings (SSSR count). The van der Waals surface area contributed by atoms with Crippen molar-refractivity contribution >= 4 is 45.2 Å². The fourth-order valence-corrected chi connectivity index (χ4v) is 3.83. The lowest BCUT2D eigenvalue weighted by atomic mass is 10.1. The lowest BCUT2D eigenvalue weighted by molar-refractivity contribution is -0.122. The fraction of sp³-hybridized carbons (Fsp3) is 0.273. The second-order valence-electron chi connectivity index (χ2n) is 6.48. The number of nitrogens with zero attached hydrogens (tertiary/aromatic N) is 1. The Hall–Kier alpha value is -2.38. The zero-order valence-corrected chi connectivity index (χ0v) is 18.8. The number of carbonyl (C=O) groups is 1. The van der Waals surface area contributed by atoms with Gasteiger partial charge >= 0.3 is 0 Å². The Balaban J connectivity index is 1.86. The maximum atomic E-state index is 12.6. The van der Waals surface area contributed by atoms with Crippen LogP contribution >= 0.6 is 28.1 Å². The molecule has 1 aliphatic heterocycles. The Morgan fingerprint density at radius 3 is 2.62 bits per heavy atom. The molecule has 1 saturated heterocycles. The van der Waals surface area contributed by atoms with Crippen LogP contribution in [0.3, 0.4) is 0 Å². The summed E-state index contributed by atoms with van der Waals surface area (Å²) < 4.78 is 12.6. The van der Waals surface area contributed by atoms with Crippen molar-refractivity contribution < 1.29 is 14.3 Å². The van der Waals surface area contributed by atoms with Crippen LogP contribution in [-0.2, 0) is 11.4 Å². The highest BCUT2D eigenvalue weighted by atomic mass is 79.9. The Labute approximate surface area is 184 Å². The second kappa shape index (κ2) is 9.89. The standard InChI is InChI=1S/C22H23BrN2O3S/c1-3-10-25-21(26)18(24-22(25)29)12-16-11-17(23)20(19(13-16)27-4-2)28-14-15-8-6-5-7-9-15/h5-9,11-13H,3-4,10,14H2,1-2H3,(H,24,29)/b18-12-. The molecule has 152 valence electrons. The van der Waals surface area contributed by atoms with Crippen molar-refractivity contribution in [1.82, 2.24) is 10.2 Å². The first kappa shape index (κ1) is 21.3. The quantitative estimate of drug-likeness (QED) is 0.435. The molecule has 0 radical (unpaired) electrons. The van der Waals surface area contributed by atoms with Crippen LogP contribution in [0.2, 0.25) is 0 Å². The molecule has 1 aliphatic rings. The summed E-state index contributed by atoms with van der Waals surface area (Å²) in [5.74, 6) is 1.13. The molecule has 0 bridgehead atoms. The van der Waals surface area contributed by atoms with Gasteiger partial charge in [-0.1, -0.05) is 37.3 Å². The highest BCUT2D eigenvalue weighted by Gasteiger charge is 2.29. The van der Waals surface area contributed by atoms with Gasteiger partial charge in [0.2, 0.25) is 0 Å². The minimum absolute atomic E-state index is 0.115. The van der Waals surface area contributed by atoms with Gasteiger partial charge in [0.25, 0.3) is 5.91 Å². The molecule has 0 spiro atoms. The summed E-state index contributed by atoms with van der Waals surface area (Å²) in [7, 11) is 0. The highest BCUT2D eigenvalue weighted by Crippen LogP contribution is 2.38. The van der Waals surface area contributed by atoms with Crippen LogP contribution in [0, 0.1) is 0 Å². The number of hydrogen-bond acceptors (Lipinski definition) is 4. The first-order valence-corrected chi connectivity index (χ1v) is 10.7. The summed E-state index contributed by atoms with van der Waals surface area (Å²) in [6.07, 6.45) is 2.62. The summed E-state index contributed by atoms with van der Waals surface area (Å²) in [4.78, 5) is 14.2. The summed E-state index contributed by atoms with van der Waals surface area (Å²) in [5, 5.41) is 3.44. The molecule has 2 aromatic rings. The van der Waals surface area contributed by atoms with E-state index in [1.54, 1.807) is 11.0 Å². The third-order valence-electron chi connectivity index (χ3n) is 4.28. The largest absolute Gasteiger partial charge is 0.490 e. The molecular formula is C22H23BrN2O3S. The maximum absolute atomic E-state index is 12.6. The molecule has 0 atom stereocenters. The number of halogens is 1. The predicted molar refractivity (Wildman–Crippen MR) is 122 cm³/mol. The van der Waals surface area contributed by atoms with Crippen molar-refractivity contribution in [1.29, 1.82) is 0 Å². The number of hydrogen-bond donors (Lipinski definition) is 1. The molecule has 7 heteroatoms. The lowest BCUT2D eigenvalue weighted by Crippen LogP contribution is -2.31. The van der Waals surface area contributed by atoms with Crippen molar-refractivity contribution in [2.24, 2.45) is 0 Å². The van der Waals surface area contributed by atoms with Gasteiger partial charge in [-0.3, -0.25) is 9.69 Å². The zero-order chi connectivity index (χ0) is 20.8. The first-order valence-electron chi connectivity index (χ1n) is 9.51. The van der Waals surface area contributed by atoms with Crippen LogP contribution in [0.5, 0.6) is 11.5 Å². The van der Waals surface area contributed by atoms with Gasteiger partial charge in [0.1, 0.15) is 12.3 Å². The van der Waals surface area contributed by atoms with Crippen molar-refractivity contribution in [2.45, 2.75) is 26.9 Å². The van der Waals surface area contributed by atoms with Gasteiger partial charge in [-0.2, -0.15) is 0 Å². The smallest absolute Gasteiger partial charge is 0.276 e. The van der Waals surface area contributed by atoms with Crippen LogP contribution in [0.4, 0.5) is 0 Å². The summed E-state index contributed by atoms with van der Waals surface area (Å²) in [6, 6.07) is 13.7. The van der Waals surface area contributed by atoms with E-state index in [1.807, 2.05) is 56.3 Å². The molecule has 0 saturated carbocycles. The average molecular weight is 475 g/mol. The second-order valence-corrected chi connectivity index (χ2v) is 7.72. The van der Waals surface area contributed by atoms with Crippen molar-refractivity contribution in [3.8, 4) is 11.5 Å². The molecule has 1 N–H and O–H groups in total. The number of rotatable bonds is 8. The van der Waals surface area contributed by atoms with Crippen LogP contribution < -0.4 is 14.8 Å². The fourth-order valence-electron chi connectivity index (χ4n) is 2.97. The van der Waals surface area contributed by atoms with Crippen LogP contribution in [-0.4, -0.2) is 29.1 Å². The van der Waals surface area contributed by atoms with E-state index in [1.165, 1.54) is 0 Å². The maximum Gasteiger partial charge on any atom is 0.276 e. The molecule has 0 aromatic heterocycles. The van der Waals surface area contributed by atoms with E-state index in [0.29, 0.717) is 42.1 Å². The minimum atomic E-state index is -0.115. The molecule has 2 aromatic carbocycles. The van der Waals surface area contributed by atoms with Crippen molar-refractivity contribution in [3.05, 3.63) is 63.8 Å². The Morgan fingerprint density at radius 1 is 1.17 bits per heavy atom. The van der Waals surface area contributed by atoms with Gasteiger partial charge in [-0.05, 0) is 70.8 Å². The molecule has 29 heavy (non-hydrogen) atoms. The van der Waals surface area contributed by atoms with Gasteiger partial charge in [-0.15, -0.1) is 0 Å². The molecule has 1 fully saturated rings. The van der Waals surface area contributed by atoms with Crippen LogP contribution in [0.1, 0.15) is 31.4 Å². The third-order valence-corrected chi connectivity index (χ3v) is 5.19. The summed E-state index contributed by atoms with van der Waals surface area (Å²) in [5.41, 5.74) is 2.33. The molecule has 1 amide bonds. The van der Waals surface area contributed by atoms with E-state index < -0.39 is 0 Å². The number of ether oxygens (including phenoxy) is 2. The van der Waals surface area contributed by atoms with E-state index in [4.69, 9.17) is 21.7 Å². The minimum Gasteiger partial charge on any atom is -0.490 e. The Kier molecular flexibility index (Phi) is 7.28. The normalized spacial score (nSPS) is 15.0. The Bertz CT molecular complexity index is 931. The van der Waals surface area contributed by atoms with Gasteiger partial charge in [0, 0.05) is 6.54 Å². The first-order chi connectivity index (χ1) is 14.0. The van der Waals surface area contributed by atoms with Crippen molar-refractivity contribution in [2.75, 3.05) is 13.2 Å². The van der Waals surface area contributed by atoms with E-state index in [9.17, 15) is 4.79 Å². The molecule has 5 nitrogen and oxygen atoms in total. The van der Waals surface area contributed by atoms with Gasteiger partial charge in [0.15, 0.2) is 16.6 Å². The number of carbonyl (C=O) groups excluding carboxylic acids is 1. The number of amides is 1. The molecular weight excluding hydrogens is 452 g/mol. The zero-order valence-electron chi connectivity index (χ0n) is 16.4. The third kappa shape index (κ3) is 5.16. The topological polar surface area (TPSA) is 50.8 Å².